The van der Waals surface area contributed by atoms with Crippen molar-refractivity contribution in [3.8, 4) is 11.5 Å². The Morgan fingerprint density at radius 2 is 2.25 bits per heavy atom. The molecule has 0 spiro atoms. The molecule has 0 amide bonds. The summed E-state index contributed by atoms with van der Waals surface area (Å²) in [5, 5.41) is 4.61. The van der Waals surface area contributed by atoms with Gasteiger partial charge in [-0.05, 0) is 31.9 Å². The van der Waals surface area contributed by atoms with Gasteiger partial charge in [0.25, 0.3) is 0 Å². The molecule has 2 aromatic heterocycles. The highest BCUT2D eigenvalue weighted by Gasteiger charge is 2.40. The second-order valence-electron chi connectivity index (χ2n) is 5.55. The van der Waals surface area contributed by atoms with Gasteiger partial charge in [-0.2, -0.15) is 4.98 Å². The van der Waals surface area contributed by atoms with Crippen LogP contribution in [0.4, 0.5) is 0 Å². The Bertz CT molecular complexity index is 597. The van der Waals surface area contributed by atoms with E-state index in [4.69, 9.17) is 21.9 Å². The molecule has 0 bridgehead atoms. The first-order valence-corrected chi connectivity index (χ1v) is 7.19. The summed E-state index contributed by atoms with van der Waals surface area (Å²) < 4.78 is 5.45. The molecule has 2 unspecified atom stereocenters. The van der Waals surface area contributed by atoms with Crippen LogP contribution in [0.5, 0.6) is 0 Å². The summed E-state index contributed by atoms with van der Waals surface area (Å²) in [6.07, 6.45) is 5.84. The van der Waals surface area contributed by atoms with E-state index in [-0.39, 0.29) is 11.5 Å². The van der Waals surface area contributed by atoms with Crippen LogP contribution in [0.1, 0.15) is 38.5 Å². The first kappa shape index (κ1) is 13.5. The van der Waals surface area contributed by atoms with Crippen molar-refractivity contribution >= 4 is 11.6 Å². The lowest BCUT2D eigenvalue weighted by Gasteiger charge is -2.35. The molecule has 2 heterocycles. The van der Waals surface area contributed by atoms with E-state index in [1.54, 1.807) is 18.3 Å². The zero-order chi connectivity index (χ0) is 14.2. The Hall–Kier alpha value is -1.46. The van der Waals surface area contributed by atoms with E-state index < -0.39 is 0 Å². The number of hydrogen-bond acceptors (Lipinski definition) is 5. The fourth-order valence-electron chi connectivity index (χ4n) is 2.69. The van der Waals surface area contributed by atoms with Gasteiger partial charge in [-0.3, -0.25) is 4.98 Å². The molecule has 20 heavy (non-hydrogen) atoms. The van der Waals surface area contributed by atoms with Crippen LogP contribution in [0, 0.1) is 0 Å². The number of halogens is 1. The molecule has 1 saturated carbocycles. The highest BCUT2D eigenvalue weighted by Crippen LogP contribution is 2.37. The van der Waals surface area contributed by atoms with E-state index in [9.17, 15) is 0 Å². The normalized spacial score (nSPS) is 26.6. The summed E-state index contributed by atoms with van der Waals surface area (Å²) in [6, 6.07) is 3.59. The molecule has 3 rings (SSSR count). The lowest BCUT2D eigenvalue weighted by molar-refractivity contribution is 0.203. The van der Waals surface area contributed by atoms with Crippen LogP contribution in [0.15, 0.2) is 22.9 Å². The average molecular weight is 293 g/mol. The smallest absolute Gasteiger partial charge is 0.234 e. The number of pyridine rings is 1. The van der Waals surface area contributed by atoms with Crippen molar-refractivity contribution in [1.29, 1.82) is 0 Å². The highest BCUT2D eigenvalue weighted by molar-refractivity contribution is 6.30. The van der Waals surface area contributed by atoms with Gasteiger partial charge < -0.3 is 10.3 Å². The second-order valence-corrected chi connectivity index (χ2v) is 5.99. The maximum absolute atomic E-state index is 6.25. The van der Waals surface area contributed by atoms with Crippen LogP contribution in [0.2, 0.25) is 5.02 Å². The summed E-state index contributed by atoms with van der Waals surface area (Å²) in [6.45, 7) is 2.10. The Labute approximate surface area is 122 Å². The van der Waals surface area contributed by atoms with Gasteiger partial charge in [0, 0.05) is 12.2 Å². The first-order valence-electron chi connectivity index (χ1n) is 6.81. The SMILES string of the molecule is CC1(c2nc(-c3ccc(Cl)cn3)no2)CCCCC1N. The molecule has 6 heteroatoms. The third-order valence-corrected chi connectivity index (χ3v) is 4.37. The standard InChI is InChI=1S/C14H17ClN4O/c1-14(7-3-2-4-11(14)16)13-18-12(19-20-13)10-6-5-9(15)8-17-10/h5-6,8,11H,2-4,7,16H2,1H3. The molecule has 2 aromatic rings. The molecule has 0 aliphatic heterocycles. The summed E-state index contributed by atoms with van der Waals surface area (Å²) in [7, 11) is 0. The van der Waals surface area contributed by atoms with E-state index in [0.717, 1.165) is 25.7 Å². The van der Waals surface area contributed by atoms with Crippen molar-refractivity contribution in [1.82, 2.24) is 15.1 Å². The van der Waals surface area contributed by atoms with Crippen LogP contribution in [-0.4, -0.2) is 21.2 Å². The molecule has 1 fully saturated rings. The van der Waals surface area contributed by atoms with Crippen molar-refractivity contribution in [3.63, 3.8) is 0 Å². The zero-order valence-electron chi connectivity index (χ0n) is 11.3. The Morgan fingerprint density at radius 3 is 2.95 bits per heavy atom. The lowest BCUT2D eigenvalue weighted by atomic mass is 9.72. The number of hydrogen-bond donors (Lipinski definition) is 1. The Balaban J connectivity index is 1.91. The third kappa shape index (κ3) is 2.31. The lowest BCUT2D eigenvalue weighted by Crippen LogP contribution is -2.45. The minimum atomic E-state index is -0.240. The van der Waals surface area contributed by atoms with Crippen LogP contribution < -0.4 is 5.73 Å². The largest absolute Gasteiger partial charge is 0.338 e. The van der Waals surface area contributed by atoms with Crippen molar-refractivity contribution in [2.45, 2.75) is 44.1 Å². The number of nitrogens with two attached hydrogens (primary N) is 1. The van der Waals surface area contributed by atoms with E-state index >= 15 is 0 Å². The van der Waals surface area contributed by atoms with Crippen LogP contribution in [-0.2, 0) is 5.41 Å². The fraction of sp³-hybridized carbons (Fsp3) is 0.500. The minimum Gasteiger partial charge on any atom is -0.338 e. The number of rotatable bonds is 2. The summed E-state index contributed by atoms with van der Waals surface area (Å²) in [4.78, 5) is 8.69. The molecule has 5 nitrogen and oxygen atoms in total. The Morgan fingerprint density at radius 1 is 1.40 bits per heavy atom. The predicted octanol–water partition coefficient (Wildman–Crippen LogP) is 2.94. The average Bonchev–Trinajstić information content (AvgIpc) is 2.93. The van der Waals surface area contributed by atoms with Gasteiger partial charge in [0.1, 0.15) is 5.69 Å². The quantitative estimate of drug-likeness (QED) is 0.921. The van der Waals surface area contributed by atoms with Gasteiger partial charge in [-0.1, -0.05) is 29.6 Å². The minimum absolute atomic E-state index is 0.0581. The Kier molecular flexibility index (Phi) is 3.48. The first-order chi connectivity index (χ1) is 9.59. The van der Waals surface area contributed by atoms with E-state index in [1.807, 2.05) is 0 Å². The van der Waals surface area contributed by atoms with Crippen molar-refractivity contribution in [2.75, 3.05) is 0 Å². The van der Waals surface area contributed by atoms with Crippen LogP contribution in [0.25, 0.3) is 11.5 Å². The molecule has 0 saturated heterocycles. The van der Waals surface area contributed by atoms with Gasteiger partial charge in [0.2, 0.25) is 11.7 Å². The molecule has 106 valence electrons. The predicted molar refractivity (Wildman–Crippen MR) is 76.3 cm³/mol. The van der Waals surface area contributed by atoms with Crippen LogP contribution in [0.3, 0.4) is 0 Å². The monoisotopic (exact) mass is 292 g/mol. The van der Waals surface area contributed by atoms with Gasteiger partial charge >= 0.3 is 0 Å². The maximum Gasteiger partial charge on any atom is 0.234 e. The summed E-state index contributed by atoms with van der Waals surface area (Å²) in [5.41, 5.74) is 6.66. The maximum atomic E-state index is 6.25. The zero-order valence-corrected chi connectivity index (χ0v) is 12.1. The highest BCUT2D eigenvalue weighted by atomic mass is 35.5. The van der Waals surface area contributed by atoms with Gasteiger partial charge in [0.15, 0.2) is 0 Å². The van der Waals surface area contributed by atoms with Crippen molar-refractivity contribution in [2.24, 2.45) is 5.73 Å². The van der Waals surface area contributed by atoms with Crippen molar-refractivity contribution in [3.05, 3.63) is 29.2 Å². The summed E-state index contributed by atoms with van der Waals surface area (Å²) >= 11 is 5.82. The van der Waals surface area contributed by atoms with Crippen LogP contribution >= 0.6 is 11.6 Å². The van der Waals surface area contributed by atoms with E-state index in [0.29, 0.717) is 22.4 Å². The molecular weight excluding hydrogens is 276 g/mol. The molecule has 2 atom stereocenters. The number of aromatic nitrogens is 3. The van der Waals surface area contributed by atoms with Crippen molar-refractivity contribution < 1.29 is 4.52 Å². The third-order valence-electron chi connectivity index (χ3n) is 4.15. The van der Waals surface area contributed by atoms with Gasteiger partial charge in [-0.15, -0.1) is 0 Å². The fourth-order valence-corrected chi connectivity index (χ4v) is 2.81. The summed E-state index contributed by atoms with van der Waals surface area (Å²) in [5.74, 6) is 1.09. The van der Waals surface area contributed by atoms with Gasteiger partial charge in [0.05, 0.1) is 10.4 Å². The molecule has 1 aliphatic rings. The van der Waals surface area contributed by atoms with E-state index in [2.05, 4.69) is 22.0 Å². The molecular formula is C14H17ClN4O. The molecule has 2 N–H and O–H groups in total. The molecule has 1 aliphatic carbocycles. The van der Waals surface area contributed by atoms with E-state index in [1.165, 1.54) is 0 Å². The number of nitrogens with zero attached hydrogens (tertiary/aromatic N) is 3. The topological polar surface area (TPSA) is 77.8 Å². The second kappa shape index (κ2) is 5.14. The molecule has 0 radical (unpaired) electrons. The molecule has 0 aromatic carbocycles. The van der Waals surface area contributed by atoms with Gasteiger partial charge in [-0.25, -0.2) is 0 Å².